The zero-order valence-electron chi connectivity index (χ0n) is 8.93. The molecular weight excluding hydrogens is 212 g/mol. The van der Waals surface area contributed by atoms with Crippen molar-refractivity contribution in [2.75, 3.05) is 14.2 Å². The number of methoxy groups -OCH3 is 2. The first-order chi connectivity index (χ1) is 7.63. The monoisotopic (exact) mass is 224 g/mol. The van der Waals surface area contributed by atoms with Gasteiger partial charge in [-0.15, -0.1) is 0 Å². The highest BCUT2D eigenvalue weighted by Crippen LogP contribution is 2.37. The lowest BCUT2D eigenvalue weighted by atomic mass is 10.1. The summed E-state index contributed by atoms with van der Waals surface area (Å²) in [4.78, 5) is 11.5. The quantitative estimate of drug-likeness (QED) is 0.462. The van der Waals surface area contributed by atoms with E-state index >= 15 is 0 Å². The summed E-state index contributed by atoms with van der Waals surface area (Å²) in [6.45, 7) is 0. The number of benzene rings is 1. The van der Waals surface area contributed by atoms with Crippen molar-refractivity contribution in [2.45, 2.75) is 0 Å². The van der Waals surface area contributed by atoms with Crippen LogP contribution in [0.5, 0.6) is 17.2 Å². The normalized spacial score (nSPS) is 10.4. The Hall–Kier alpha value is -2.17. The molecule has 0 amide bonds. The molecule has 0 saturated heterocycles. The second-order valence-corrected chi connectivity index (χ2v) is 2.91. The van der Waals surface area contributed by atoms with Gasteiger partial charge in [-0.05, 0) is 12.1 Å². The number of aromatic hydroxyl groups is 1. The molecule has 0 saturated carbocycles. The molecule has 0 aliphatic heterocycles. The first kappa shape index (κ1) is 11.9. The van der Waals surface area contributed by atoms with E-state index in [1.807, 2.05) is 0 Å². The van der Waals surface area contributed by atoms with Gasteiger partial charge in [-0.25, -0.2) is 0 Å². The number of ether oxygens (including phenoxy) is 2. The number of rotatable bonds is 4. The zero-order valence-corrected chi connectivity index (χ0v) is 8.93. The molecule has 0 spiro atoms. The molecular formula is C11H12O5. The minimum absolute atomic E-state index is 0.133. The number of carbonyl (C=O) groups is 1. The summed E-state index contributed by atoms with van der Waals surface area (Å²) in [5, 5.41) is 18.1. The molecule has 0 heterocycles. The van der Waals surface area contributed by atoms with E-state index in [0.717, 1.165) is 6.08 Å². The van der Waals surface area contributed by atoms with Gasteiger partial charge in [0.25, 0.3) is 0 Å². The Labute approximate surface area is 92.5 Å². The van der Waals surface area contributed by atoms with Crippen LogP contribution in [-0.2, 0) is 0 Å². The number of phenolic OH excluding ortho intramolecular Hbond substituents is 1. The predicted octanol–water partition coefficient (Wildman–Crippen LogP) is 1.66. The van der Waals surface area contributed by atoms with Crippen LogP contribution in [0.3, 0.4) is 0 Å². The number of hydrogen-bond acceptors (Lipinski definition) is 5. The third kappa shape index (κ3) is 2.25. The largest absolute Gasteiger partial charge is 0.515 e. The van der Waals surface area contributed by atoms with Gasteiger partial charge in [0, 0.05) is 11.6 Å². The maximum absolute atomic E-state index is 11.5. The molecule has 1 aromatic rings. The van der Waals surface area contributed by atoms with Gasteiger partial charge in [0.2, 0.25) is 5.75 Å². The van der Waals surface area contributed by atoms with Crippen LogP contribution in [0.15, 0.2) is 24.5 Å². The maximum atomic E-state index is 11.5. The van der Waals surface area contributed by atoms with Gasteiger partial charge >= 0.3 is 0 Å². The van der Waals surface area contributed by atoms with Gasteiger partial charge in [0.1, 0.15) is 0 Å². The molecule has 86 valence electrons. The molecule has 0 bridgehead atoms. The lowest BCUT2D eigenvalue weighted by Crippen LogP contribution is -1.98. The molecule has 0 aliphatic carbocycles. The van der Waals surface area contributed by atoms with Gasteiger partial charge in [-0.2, -0.15) is 0 Å². The number of aliphatic hydroxyl groups excluding tert-OH is 1. The highest BCUT2D eigenvalue weighted by molar-refractivity contribution is 6.05. The summed E-state index contributed by atoms with van der Waals surface area (Å²) in [6.07, 6.45) is 1.64. The van der Waals surface area contributed by atoms with Crippen molar-refractivity contribution in [3.05, 3.63) is 30.0 Å². The Morgan fingerprint density at radius 1 is 1.25 bits per heavy atom. The van der Waals surface area contributed by atoms with Gasteiger partial charge in [-0.3, -0.25) is 4.79 Å². The number of ketones is 1. The third-order valence-electron chi connectivity index (χ3n) is 1.99. The Balaban J connectivity index is 3.26. The van der Waals surface area contributed by atoms with Gasteiger partial charge in [0.15, 0.2) is 17.3 Å². The summed E-state index contributed by atoms with van der Waals surface area (Å²) in [6, 6.07) is 2.72. The Bertz CT molecular complexity index is 397. The molecule has 1 aromatic carbocycles. The maximum Gasteiger partial charge on any atom is 0.200 e. The van der Waals surface area contributed by atoms with E-state index in [1.54, 1.807) is 0 Å². The van der Waals surface area contributed by atoms with E-state index < -0.39 is 5.78 Å². The van der Waals surface area contributed by atoms with Crippen molar-refractivity contribution in [1.29, 1.82) is 0 Å². The van der Waals surface area contributed by atoms with Crippen molar-refractivity contribution < 1.29 is 24.5 Å². The second-order valence-electron chi connectivity index (χ2n) is 2.91. The van der Waals surface area contributed by atoms with E-state index in [-0.39, 0.29) is 22.8 Å². The number of carbonyl (C=O) groups excluding carboxylic acids is 1. The lowest BCUT2D eigenvalue weighted by molar-refractivity contribution is 0.104. The summed E-state index contributed by atoms with van der Waals surface area (Å²) >= 11 is 0. The topological polar surface area (TPSA) is 76.0 Å². The van der Waals surface area contributed by atoms with E-state index in [9.17, 15) is 9.90 Å². The van der Waals surface area contributed by atoms with Crippen LogP contribution in [0.2, 0.25) is 0 Å². The van der Waals surface area contributed by atoms with Crippen LogP contribution in [-0.4, -0.2) is 30.2 Å². The van der Waals surface area contributed by atoms with Gasteiger partial charge in [0.05, 0.1) is 20.5 Å². The molecule has 0 aromatic heterocycles. The van der Waals surface area contributed by atoms with Crippen LogP contribution in [0.4, 0.5) is 0 Å². The van der Waals surface area contributed by atoms with E-state index in [4.69, 9.17) is 14.6 Å². The molecule has 0 radical (unpaired) electrons. The van der Waals surface area contributed by atoms with Gasteiger partial charge in [-0.1, -0.05) is 0 Å². The van der Waals surface area contributed by atoms with Crippen LogP contribution in [0, 0.1) is 0 Å². The molecule has 1 rings (SSSR count). The van der Waals surface area contributed by atoms with Crippen molar-refractivity contribution in [2.24, 2.45) is 0 Å². The Morgan fingerprint density at radius 3 is 2.12 bits per heavy atom. The molecule has 0 unspecified atom stereocenters. The highest BCUT2D eigenvalue weighted by Gasteiger charge is 2.13. The molecule has 0 atom stereocenters. The average molecular weight is 224 g/mol. The molecule has 0 fully saturated rings. The fraction of sp³-hybridized carbons (Fsp3) is 0.182. The van der Waals surface area contributed by atoms with Crippen molar-refractivity contribution in [3.63, 3.8) is 0 Å². The smallest absolute Gasteiger partial charge is 0.200 e. The van der Waals surface area contributed by atoms with E-state index in [1.165, 1.54) is 26.4 Å². The van der Waals surface area contributed by atoms with Crippen LogP contribution in [0.25, 0.3) is 0 Å². The molecule has 5 nitrogen and oxygen atoms in total. The van der Waals surface area contributed by atoms with Crippen molar-refractivity contribution in [3.8, 4) is 17.2 Å². The minimum Gasteiger partial charge on any atom is -0.515 e. The number of allylic oxidation sites excluding steroid dienone is 1. The summed E-state index contributed by atoms with van der Waals surface area (Å²) in [7, 11) is 2.73. The van der Waals surface area contributed by atoms with E-state index in [0.29, 0.717) is 6.26 Å². The first-order valence-corrected chi connectivity index (χ1v) is 4.44. The molecule has 5 heteroatoms. The zero-order chi connectivity index (χ0) is 12.1. The Morgan fingerprint density at radius 2 is 1.75 bits per heavy atom. The highest BCUT2D eigenvalue weighted by atomic mass is 16.5. The minimum atomic E-state index is -0.417. The SMILES string of the molecule is COc1cc(C(=O)C=CO)cc(OC)c1O. The Kier molecular flexibility index (Phi) is 3.77. The van der Waals surface area contributed by atoms with Crippen molar-refractivity contribution in [1.82, 2.24) is 0 Å². The summed E-state index contributed by atoms with van der Waals surface area (Å²) < 4.78 is 9.78. The lowest BCUT2D eigenvalue weighted by Gasteiger charge is -2.09. The fourth-order valence-electron chi connectivity index (χ4n) is 1.20. The molecule has 16 heavy (non-hydrogen) atoms. The summed E-state index contributed by atoms with van der Waals surface area (Å²) in [5.41, 5.74) is 0.247. The second kappa shape index (κ2) is 5.06. The number of hydrogen-bond donors (Lipinski definition) is 2. The van der Waals surface area contributed by atoms with Crippen molar-refractivity contribution >= 4 is 5.78 Å². The van der Waals surface area contributed by atoms with Crippen LogP contribution >= 0.6 is 0 Å². The summed E-state index contributed by atoms with van der Waals surface area (Å²) in [5.74, 6) is -0.322. The number of phenols is 1. The average Bonchev–Trinajstić information content (AvgIpc) is 2.29. The molecule has 2 N–H and O–H groups in total. The number of aliphatic hydroxyl groups is 1. The first-order valence-electron chi connectivity index (χ1n) is 4.44. The fourth-order valence-corrected chi connectivity index (χ4v) is 1.20. The standard InChI is InChI=1S/C11H12O5/c1-15-9-5-7(8(13)3-4-12)6-10(16-2)11(9)14/h3-6,12,14H,1-2H3. The third-order valence-corrected chi connectivity index (χ3v) is 1.99. The molecule has 0 aliphatic rings. The predicted molar refractivity (Wildman–Crippen MR) is 57.3 cm³/mol. The van der Waals surface area contributed by atoms with E-state index in [2.05, 4.69) is 0 Å². The van der Waals surface area contributed by atoms with Crippen LogP contribution < -0.4 is 9.47 Å². The van der Waals surface area contributed by atoms with Gasteiger partial charge < -0.3 is 19.7 Å². The van der Waals surface area contributed by atoms with Crippen LogP contribution in [0.1, 0.15) is 10.4 Å².